The van der Waals surface area contributed by atoms with Crippen molar-refractivity contribution in [3.8, 4) is 0 Å². The molecule has 1 saturated carbocycles. The third-order valence-corrected chi connectivity index (χ3v) is 7.95. The number of nitrogens with one attached hydrogen (secondary N) is 1. The Labute approximate surface area is 184 Å². The van der Waals surface area contributed by atoms with Gasteiger partial charge in [-0.1, -0.05) is 45.9 Å². The topological polar surface area (TPSA) is 96.6 Å². The number of hydrogen-bond donors (Lipinski definition) is 2. The largest absolute Gasteiger partial charge is 0.447 e. The number of aliphatic hydroxyl groups is 1. The fraction of sp³-hybridized carbons (Fsp3) is 0.542. The van der Waals surface area contributed by atoms with Crippen molar-refractivity contribution in [1.82, 2.24) is 4.72 Å². The minimum absolute atomic E-state index is 0.0190. The molecular formula is C24H31NO5S. The second-order valence-electron chi connectivity index (χ2n) is 9.53. The molecule has 7 heteroatoms. The van der Waals surface area contributed by atoms with E-state index in [1.807, 2.05) is 18.2 Å². The SMILES string of the molecule is CC(C)c1cccc(C(C)C)c1CC(=O)NS(=O)(=O)c1cc2c(o1)C1CCC(C1)C2O. The van der Waals surface area contributed by atoms with Crippen LogP contribution in [0, 0.1) is 5.92 Å². The second kappa shape index (κ2) is 8.10. The summed E-state index contributed by atoms with van der Waals surface area (Å²) in [6.45, 7) is 8.24. The molecule has 2 aromatic rings. The first kappa shape index (κ1) is 22.1. The van der Waals surface area contributed by atoms with Crippen LogP contribution in [0.4, 0.5) is 0 Å². The van der Waals surface area contributed by atoms with E-state index in [0.717, 1.165) is 36.0 Å². The van der Waals surface area contributed by atoms with E-state index < -0.39 is 22.0 Å². The van der Waals surface area contributed by atoms with Crippen LogP contribution in [0.25, 0.3) is 0 Å². The number of aliphatic hydroxyl groups excluding tert-OH is 1. The average Bonchev–Trinajstić information content (AvgIpc) is 3.32. The van der Waals surface area contributed by atoms with Gasteiger partial charge in [0.1, 0.15) is 5.76 Å². The number of carbonyl (C=O) groups is 1. The highest BCUT2D eigenvalue weighted by Gasteiger charge is 2.43. The Morgan fingerprint density at radius 2 is 1.81 bits per heavy atom. The minimum atomic E-state index is -4.16. The van der Waals surface area contributed by atoms with Gasteiger partial charge in [-0.2, -0.15) is 8.42 Å². The predicted molar refractivity (Wildman–Crippen MR) is 117 cm³/mol. The molecule has 2 aliphatic carbocycles. The molecule has 1 fully saturated rings. The fourth-order valence-electron chi connectivity index (χ4n) is 5.18. The van der Waals surface area contributed by atoms with E-state index >= 15 is 0 Å². The molecule has 4 rings (SSSR count). The first-order valence-corrected chi connectivity index (χ1v) is 12.6. The molecule has 2 aliphatic rings. The Morgan fingerprint density at radius 3 is 2.42 bits per heavy atom. The highest BCUT2D eigenvalue weighted by Crippen LogP contribution is 2.52. The van der Waals surface area contributed by atoms with Crippen molar-refractivity contribution >= 4 is 15.9 Å². The molecule has 3 unspecified atom stereocenters. The molecule has 3 atom stereocenters. The van der Waals surface area contributed by atoms with Crippen molar-refractivity contribution < 1.29 is 22.7 Å². The Bertz CT molecular complexity index is 1060. The Morgan fingerprint density at radius 1 is 1.16 bits per heavy atom. The van der Waals surface area contributed by atoms with Crippen molar-refractivity contribution in [2.75, 3.05) is 0 Å². The number of fused-ring (bicyclic) bond motifs is 4. The molecule has 0 radical (unpaired) electrons. The first-order valence-electron chi connectivity index (χ1n) is 11.1. The molecule has 2 N–H and O–H groups in total. The third-order valence-electron chi connectivity index (χ3n) is 6.72. The number of carbonyl (C=O) groups excluding carboxylic acids is 1. The molecule has 168 valence electrons. The normalized spacial score (nSPS) is 22.7. The van der Waals surface area contributed by atoms with Crippen molar-refractivity contribution in [2.45, 2.75) is 82.3 Å². The van der Waals surface area contributed by atoms with Crippen LogP contribution in [-0.4, -0.2) is 19.4 Å². The molecular weight excluding hydrogens is 414 g/mol. The van der Waals surface area contributed by atoms with Gasteiger partial charge in [-0.15, -0.1) is 0 Å². The lowest BCUT2D eigenvalue weighted by Gasteiger charge is -2.23. The van der Waals surface area contributed by atoms with Gasteiger partial charge in [0.2, 0.25) is 11.0 Å². The third kappa shape index (κ3) is 4.05. The molecule has 1 aromatic heterocycles. The molecule has 2 bridgehead atoms. The van der Waals surface area contributed by atoms with Crippen LogP contribution in [-0.2, 0) is 21.2 Å². The van der Waals surface area contributed by atoms with Crippen LogP contribution < -0.4 is 4.72 Å². The maximum atomic E-state index is 12.9. The summed E-state index contributed by atoms with van der Waals surface area (Å²) >= 11 is 0. The number of benzene rings is 1. The molecule has 0 saturated heterocycles. The molecule has 6 nitrogen and oxygen atoms in total. The average molecular weight is 446 g/mol. The summed E-state index contributed by atoms with van der Waals surface area (Å²) in [5, 5.41) is 10.2. The van der Waals surface area contributed by atoms with E-state index in [9.17, 15) is 18.3 Å². The van der Waals surface area contributed by atoms with E-state index in [2.05, 4.69) is 32.4 Å². The summed E-state index contributed by atoms with van der Waals surface area (Å²) in [7, 11) is -4.16. The summed E-state index contributed by atoms with van der Waals surface area (Å²) in [6, 6.07) is 7.35. The second-order valence-corrected chi connectivity index (χ2v) is 11.1. The zero-order valence-electron chi connectivity index (χ0n) is 18.5. The standard InChI is InChI=1S/C24H31NO5S/c1-13(2)17-6-5-7-18(14(3)4)19(17)11-21(26)25-31(28,29)22-12-20-23(27)15-8-9-16(10-15)24(20)30-22/h5-7,12-16,23,27H,8-11H2,1-4H3,(H,25,26). The number of amides is 1. The van der Waals surface area contributed by atoms with Crippen LogP contribution in [0.2, 0.25) is 0 Å². The van der Waals surface area contributed by atoms with Crippen molar-refractivity contribution in [3.63, 3.8) is 0 Å². The van der Waals surface area contributed by atoms with Gasteiger partial charge in [0.15, 0.2) is 0 Å². The number of sulfonamides is 1. The summed E-state index contributed by atoms with van der Waals surface area (Å²) in [6.07, 6.45) is 1.90. The molecule has 1 heterocycles. The van der Waals surface area contributed by atoms with E-state index in [1.165, 1.54) is 6.07 Å². The Kier molecular flexibility index (Phi) is 5.77. The molecule has 0 spiro atoms. The molecule has 31 heavy (non-hydrogen) atoms. The van der Waals surface area contributed by atoms with Crippen LogP contribution in [0.15, 0.2) is 33.8 Å². The van der Waals surface area contributed by atoms with Crippen LogP contribution in [0.5, 0.6) is 0 Å². The maximum Gasteiger partial charge on any atom is 0.297 e. The van der Waals surface area contributed by atoms with E-state index in [4.69, 9.17) is 4.42 Å². The van der Waals surface area contributed by atoms with E-state index in [-0.39, 0.29) is 35.2 Å². The summed E-state index contributed by atoms with van der Waals surface area (Å²) < 4.78 is 33.7. The molecule has 0 aliphatic heterocycles. The zero-order valence-corrected chi connectivity index (χ0v) is 19.3. The summed E-state index contributed by atoms with van der Waals surface area (Å²) in [5.74, 6) is 0.697. The quantitative estimate of drug-likeness (QED) is 0.682. The monoisotopic (exact) mass is 445 g/mol. The van der Waals surface area contributed by atoms with Gasteiger partial charge in [0, 0.05) is 17.5 Å². The number of furan rings is 1. The maximum absolute atomic E-state index is 12.9. The van der Waals surface area contributed by atoms with Gasteiger partial charge in [-0.3, -0.25) is 4.79 Å². The van der Waals surface area contributed by atoms with Crippen LogP contribution >= 0.6 is 0 Å². The van der Waals surface area contributed by atoms with Gasteiger partial charge in [-0.05, 0) is 53.7 Å². The lowest BCUT2D eigenvalue weighted by molar-refractivity contribution is -0.118. The van der Waals surface area contributed by atoms with Gasteiger partial charge in [0.25, 0.3) is 10.0 Å². The van der Waals surface area contributed by atoms with E-state index in [0.29, 0.717) is 11.3 Å². The molecule has 1 aromatic carbocycles. The van der Waals surface area contributed by atoms with Crippen molar-refractivity contribution in [1.29, 1.82) is 0 Å². The fourth-order valence-corrected chi connectivity index (χ4v) is 6.13. The zero-order chi connectivity index (χ0) is 22.5. The highest BCUT2D eigenvalue weighted by molar-refractivity contribution is 7.89. The predicted octanol–water partition coefficient (Wildman–Crippen LogP) is 4.50. The first-order chi connectivity index (χ1) is 14.6. The van der Waals surface area contributed by atoms with Crippen molar-refractivity contribution in [2.24, 2.45) is 5.92 Å². The van der Waals surface area contributed by atoms with E-state index in [1.54, 1.807) is 0 Å². The van der Waals surface area contributed by atoms with Crippen molar-refractivity contribution in [3.05, 3.63) is 52.3 Å². The number of rotatable bonds is 6. The van der Waals surface area contributed by atoms with Crippen LogP contribution in [0.1, 0.15) is 98.8 Å². The highest BCUT2D eigenvalue weighted by atomic mass is 32.2. The lowest BCUT2D eigenvalue weighted by atomic mass is 9.86. The van der Waals surface area contributed by atoms with Crippen LogP contribution in [0.3, 0.4) is 0 Å². The van der Waals surface area contributed by atoms with Gasteiger partial charge >= 0.3 is 0 Å². The van der Waals surface area contributed by atoms with Gasteiger partial charge in [-0.25, -0.2) is 4.72 Å². The van der Waals surface area contributed by atoms with Gasteiger partial charge < -0.3 is 9.52 Å². The Hall–Kier alpha value is -2.12. The lowest BCUT2D eigenvalue weighted by Crippen LogP contribution is -2.32. The summed E-state index contributed by atoms with van der Waals surface area (Å²) in [4.78, 5) is 12.8. The number of hydrogen-bond acceptors (Lipinski definition) is 5. The smallest absolute Gasteiger partial charge is 0.297 e. The summed E-state index contributed by atoms with van der Waals surface area (Å²) in [5.41, 5.74) is 3.53. The minimum Gasteiger partial charge on any atom is -0.447 e. The van der Waals surface area contributed by atoms with Gasteiger partial charge in [0.05, 0.1) is 12.5 Å². The Balaban J connectivity index is 1.58. The molecule has 1 amide bonds.